The van der Waals surface area contributed by atoms with E-state index in [1.807, 2.05) is 11.5 Å². The molecule has 1 fully saturated rings. The van der Waals surface area contributed by atoms with E-state index in [-0.39, 0.29) is 23.8 Å². The van der Waals surface area contributed by atoms with Crippen molar-refractivity contribution in [2.45, 2.75) is 49.9 Å². The van der Waals surface area contributed by atoms with Gasteiger partial charge in [0.1, 0.15) is 11.2 Å². The number of carboxylic acid groups (broad SMARTS) is 1. The first-order chi connectivity index (χ1) is 14.8. The second-order valence-corrected chi connectivity index (χ2v) is 9.55. The van der Waals surface area contributed by atoms with Gasteiger partial charge in [-0.1, -0.05) is 11.8 Å². The molecule has 1 aromatic heterocycles. The van der Waals surface area contributed by atoms with Crippen molar-refractivity contribution in [2.24, 2.45) is 0 Å². The molecule has 2 aromatic rings. The van der Waals surface area contributed by atoms with Crippen molar-refractivity contribution in [1.29, 1.82) is 0 Å². The van der Waals surface area contributed by atoms with Crippen LogP contribution < -0.4 is 15.4 Å². The first kappa shape index (κ1) is 21.9. The zero-order valence-corrected chi connectivity index (χ0v) is 18.0. The Kier molecular flexibility index (Phi) is 6.38. The number of carboxylic acids is 1. The van der Waals surface area contributed by atoms with E-state index in [1.54, 1.807) is 12.1 Å². The summed E-state index contributed by atoms with van der Waals surface area (Å²) in [7, 11) is 0. The van der Waals surface area contributed by atoms with Gasteiger partial charge in [-0.3, -0.25) is 4.79 Å². The number of halogens is 3. The Balaban J connectivity index is 1.42. The second-order valence-electron chi connectivity index (χ2n) is 7.41. The molecule has 166 valence electrons. The number of hydrogen-bond acceptors (Lipinski definition) is 6. The number of benzene rings is 1. The van der Waals surface area contributed by atoms with E-state index in [2.05, 4.69) is 10.6 Å². The molecule has 5 nitrogen and oxygen atoms in total. The lowest BCUT2D eigenvalue weighted by atomic mass is 10.1. The van der Waals surface area contributed by atoms with E-state index < -0.39 is 17.7 Å². The van der Waals surface area contributed by atoms with Crippen LogP contribution in [0.1, 0.15) is 41.0 Å². The highest BCUT2D eigenvalue weighted by molar-refractivity contribution is 8.03. The molecule has 31 heavy (non-hydrogen) atoms. The van der Waals surface area contributed by atoms with Crippen LogP contribution >= 0.6 is 23.1 Å². The lowest BCUT2D eigenvalue weighted by Gasteiger charge is -2.21. The molecule has 1 unspecified atom stereocenters. The number of alkyl halides is 3. The molecule has 10 heteroatoms. The van der Waals surface area contributed by atoms with Crippen LogP contribution in [0.2, 0.25) is 0 Å². The lowest BCUT2D eigenvalue weighted by Crippen LogP contribution is -2.28. The summed E-state index contributed by atoms with van der Waals surface area (Å²) in [6.45, 7) is 0. The number of carbonyl (C=O) groups is 1. The monoisotopic (exact) mass is 470 g/mol. The summed E-state index contributed by atoms with van der Waals surface area (Å²) >= 11 is 2.77. The minimum absolute atomic E-state index is 0.0394. The highest BCUT2D eigenvalue weighted by atomic mass is 32.2. The molecule has 1 atom stereocenters. The van der Waals surface area contributed by atoms with Crippen LogP contribution in [0.4, 0.5) is 18.9 Å². The zero-order valence-electron chi connectivity index (χ0n) is 16.4. The smallest absolute Gasteiger partial charge is 0.420 e. The van der Waals surface area contributed by atoms with Crippen LogP contribution in [0.15, 0.2) is 35.7 Å². The predicted octanol–water partition coefficient (Wildman–Crippen LogP) is 5.75. The van der Waals surface area contributed by atoms with Crippen LogP contribution in [0.25, 0.3) is 5.70 Å². The Morgan fingerprint density at radius 3 is 2.71 bits per heavy atom. The van der Waals surface area contributed by atoms with Crippen LogP contribution in [-0.2, 0) is 17.4 Å². The topological polar surface area (TPSA) is 70.6 Å². The fourth-order valence-corrected chi connectivity index (χ4v) is 5.51. The van der Waals surface area contributed by atoms with Crippen molar-refractivity contribution in [3.05, 3.63) is 51.1 Å². The van der Waals surface area contributed by atoms with Crippen molar-refractivity contribution in [3.63, 3.8) is 0 Å². The molecule has 0 saturated heterocycles. The molecule has 3 N–H and O–H groups in total. The van der Waals surface area contributed by atoms with Crippen LogP contribution in [0.3, 0.4) is 0 Å². The van der Waals surface area contributed by atoms with Gasteiger partial charge in [0.15, 0.2) is 0 Å². The Bertz CT molecular complexity index is 984. The fourth-order valence-electron chi connectivity index (χ4n) is 3.59. The normalized spacial score (nSPS) is 19.2. The molecule has 1 aliphatic carbocycles. The highest BCUT2D eigenvalue weighted by Crippen LogP contribution is 2.40. The molecular weight excluding hydrogens is 449 g/mol. The van der Waals surface area contributed by atoms with Crippen LogP contribution in [0, 0.1) is 0 Å². The number of ether oxygens (including phenoxy) is 1. The summed E-state index contributed by atoms with van der Waals surface area (Å²) in [5.41, 5.74) is 0.0183. The number of thioether (sulfide) groups is 1. The summed E-state index contributed by atoms with van der Waals surface area (Å²) in [6, 6.07) is 7.66. The van der Waals surface area contributed by atoms with Gasteiger partial charge >= 0.3 is 12.1 Å². The Hall–Kier alpha value is -2.33. The van der Waals surface area contributed by atoms with Crippen molar-refractivity contribution in [3.8, 4) is 5.75 Å². The third-order valence-corrected chi connectivity index (χ3v) is 7.04. The number of anilines is 1. The number of thiophene rings is 1. The first-order valence-electron chi connectivity index (χ1n) is 9.85. The largest absolute Gasteiger partial charge is 0.490 e. The SMILES string of the molecule is O=C(O)Cc1ccc(C2=CSC(Nc3ccc(OC4CCCC4)c(C(F)(F)F)c3)N2)s1. The fraction of sp³-hybridized carbons (Fsp3) is 0.381. The average molecular weight is 471 g/mol. The van der Waals surface area contributed by atoms with Gasteiger partial charge in [-0.25, -0.2) is 0 Å². The van der Waals surface area contributed by atoms with Crippen LogP contribution in [0.5, 0.6) is 5.75 Å². The average Bonchev–Trinajstić information content (AvgIpc) is 3.44. The second kappa shape index (κ2) is 9.04. The summed E-state index contributed by atoms with van der Waals surface area (Å²) in [5, 5.41) is 17.1. The van der Waals surface area contributed by atoms with Gasteiger partial charge in [-0.05, 0) is 61.4 Å². The number of aliphatic carboxylic acids is 1. The Morgan fingerprint density at radius 1 is 1.23 bits per heavy atom. The maximum atomic E-state index is 13.6. The van der Waals surface area contributed by atoms with Crippen molar-refractivity contribution in [1.82, 2.24) is 5.32 Å². The molecule has 1 saturated carbocycles. The quantitative estimate of drug-likeness (QED) is 0.479. The van der Waals surface area contributed by atoms with E-state index in [0.29, 0.717) is 5.69 Å². The number of rotatable bonds is 7. The van der Waals surface area contributed by atoms with Gasteiger partial charge in [-0.15, -0.1) is 11.3 Å². The molecule has 2 aliphatic rings. The zero-order chi connectivity index (χ0) is 22.0. The van der Waals surface area contributed by atoms with E-state index in [4.69, 9.17) is 9.84 Å². The Morgan fingerprint density at radius 2 is 2.00 bits per heavy atom. The maximum Gasteiger partial charge on any atom is 0.420 e. The van der Waals surface area contributed by atoms with E-state index in [9.17, 15) is 18.0 Å². The van der Waals surface area contributed by atoms with Crippen molar-refractivity contribution in [2.75, 3.05) is 5.32 Å². The minimum atomic E-state index is -4.51. The van der Waals surface area contributed by atoms with Gasteiger partial charge in [0.05, 0.1) is 28.7 Å². The predicted molar refractivity (Wildman–Crippen MR) is 116 cm³/mol. The lowest BCUT2D eigenvalue weighted by molar-refractivity contribution is -0.139. The molecule has 0 amide bonds. The first-order valence-corrected chi connectivity index (χ1v) is 11.6. The van der Waals surface area contributed by atoms with E-state index in [1.165, 1.54) is 29.2 Å². The molecule has 1 aromatic carbocycles. The summed E-state index contributed by atoms with van der Waals surface area (Å²) in [5.74, 6) is -1.02. The third kappa shape index (κ3) is 5.48. The molecule has 2 heterocycles. The van der Waals surface area contributed by atoms with Crippen molar-refractivity contribution >= 4 is 40.5 Å². The summed E-state index contributed by atoms with van der Waals surface area (Å²) in [4.78, 5) is 12.5. The van der Waals surface area contributed by atoms with Gasteiger partial charge in [0, 0.05) is 10.6 Å². The standard InChI is InChI=1S/C21H21F3N2O3S2/c22-21(23,24)15-9-12(5-7-17(15)29-13-3-1-2-4-13)25-20-26-16(11-30-20)18-8-6-14(31-18)10-19(27)28/h5-9,11,13,20,25-26H,1-4,10H2,(H,27,28). The van der Waals surface area contributed by atoms with Gasteiger partial charge in [0.25, 0.3) is 0 Å². The van der Waals surface area contributed by atoms with Gasteiger partial charge in [0.2, 0.25) is 0 Å². The molecular formula is C21H21F3N2O3S2. The third-order valence-electron chi connectivity index (χ3n) is 5.04. The minimum Gasteiger partial charge on any atom is -0.490 e. The highest BCUT2D eigenvalue weighted by Gasteiger charge is 2.36. The molecule has 0 spiro atoms. The van der Waals surface area contributed by atoms with Gasteiger partial charge in [-0.2, -0.15) is 13.2 Å². The number of nitrogens with one attached hydrogen (secondary N) is 2. The Labute approximate surface area is 185 Å². The van der Waals surface area contributed by atoms with E-state index in [0.717, 1.165) is 47.2 Å². The van der Waals surface area contributed by atoms with Gasteiger partial charge < -0.3 is 20.5 Å². The molecule has 4 rings (SSSR count). The van der Waals surface area contributed by atoms with Crippen molar-refractivity contribution < 1.29 is 27.8 Å². The van der Waals surface area contributed by atoms with E-state index >= 15 is 0 Å². The summed E-state index contributed by atoms with van der Waals surface area (Å²) < 4.78 is 46.5. The molecule has 0 radical (unpaired) electrons. The van der Waals surface area contributed by atoms with Crippen LogP contribution in [-0.4, -0.2) is 22.7 Å². The molecule has 0 bridgehead atoms. The summed E-state index contributed by atoms with van der Waals surface area (Å²) in [6.07, 6.45) is -1.18. The number of hydrogen-bond donors (Lipinski definition) is 3. The maximum absolute atomic E-state index is 13.6. The molecule has 1 aliphatic heterocycles.